The number of carbonyl (C=O) groups excluding carboxylic acids is 1. The number of likely N-dealkylation sites (tertiary alicyclic amines) is 2. The van der Waals surface area contributed by atoms with E-state index in [1.165, 1.54) is 0 Å². The van der Waals surface area contributed by atoms with Crippen LogP contribution in [0.15, 0.2) is 17.5 Å². The summed E-state index contributed by atoms with van der Waals surface area (Å²) >= 11 is 1.62. The lowest BCUT2D eigenvalue weighted by Gasteiger charge is -2.36. The summed E-state index contributed by atoms with van der Waals surface area (Å²) in [6.45, 7) is 7.23. The van der Waals surface area contributed by atoms with E-state index in [2.05, 4.69) is 11.8 Å². The number of rotatable bonds is 5. The Hall–Kier alpha value is -0.910. The Bertz CT molecular complexity index is 503. The van der Waals surface area contributed by atoms with Crippen LogP contribution in [-0.2, 0) is 4.79 Å². The molecule has 3 rings (SSSR count). The number of aliphatic hydroxyl groups excluding tert-OH is 1. The van der Waals surface area contributed by atoms with Gasteiger partial charge >= 0.3 is 0 Å². The lowest BCUT2D eigenvalue weighted by molar-refractivity contribution is -0.134. The molecular formula is C19H30N2O2S. The molecule has 134 valence electrons. The van der Waals surface area contributed by atoms with E-state index in [0.29, 0.717) is 17.7 Å². The molecule has 5 heteroatoms. The largest absolute Gasteiger partial charge is 0.387 e. The predicted octanol–water partition coefficient (Wildman–Crippen LogP) is 3.14. The molecule has 0 aromatic carbocycles. The standard InChI is InChI=1S/C19H30N2O2S/c1-2-20-9-5-15(6-10-20)14-18(22)21-11-7-16(8-12-21)19(23)17-4-3-13-24-17/h3-4,13,15-16,19,23H,2,5-12,14H2,1H3. The van der Waals surface area contributed by atoms with Gasteiger partial charge in [0.1, 0.15) is 0 Å². The average molecular weight is 351 g/mol. The van der Waals surface area contributed by atoms with Gasteiger partial charge in [0.25, 0.3) is 0 Å². The second-order valence-electron chi connectivity index (χ2n) is 7.26. The van der Waals surface area contributed by atoms with Gasteiger partial charge in [-0.15, -0.1) is 11.3 Å². The van der Waals surface area contributed by atoms with Crippen LogP contribution >= 0.6 is 11.3 Å². The quantitative estimate of drug-likeness (QED) is 0.887. The molecule has 1 aromatic rings. The summed E-state index contributed by atoms with van der Waals surface area (Å²) in [5.74, 6) is 1.18. The van der Waals surface area contributed by atoms with Crippen molar-refractivity contribution in [1.82, 2.24) is 9.80 Å². The summed E-state index contributed by atoms with van der Waals surface area (Å²) in [4.78, 5) is 18.1. The van der Waals surface area contributed by atoms with Crippen LogP contribution in [0.3, 0.4) is 0 Å². The van der Waals surface area contributed by atoms with Crippen LogP contribution in [-0.4, -0.2) is 53.5 Å². The Kier molecular flexibility index (Phi) is 6.31. The number of aliphatic hydroxyl groups is 1. The summed E-state index contributed by atoms with van der Waals surface area (Å²) in [7, 11) is 0. The van der Waals surface area contributed by atoms with Crippen LogP contribution < -0.4 is 0 Å². The average Bonchev–Trinajstić information content (AvgIpc) is 3.16. The number of thiophene rings is 1. The highest BCUT2D eigenvalue weighted by molar-refractivity contribution is 7.10. The third-order valence-corrected chi connectivity index (χ3v) is 6.73. The van der Waals surface area contributed by atoms with Gasteiger partial charge in [-0.3, -0.25) is 4.79 Å². The smallest absolute Gasteiger partial charge is 0.222 e. The van der Waals surface area contributed by atoms with Gasteiger partial charge in [-0.25, -0.2) is 0 Å². The van der Waals surface area contributed by atoms with Crippen molar-refractivity contribution in [3.63, 3.8) is 0 Å². The number of hydrogen-bond acceptors (Lipinski definition) is 4. The molecule has 1 N–H and O–H groups in total. The number of carbonyl (C=O) groups is 1. The fourth-order valence-electron chi connectivity index (χ4n) is 4.04. The van der Waals surface area contributed by atoms with Crippen molar-refractivity contribution in [3.8, 4) is 0 Å². The molecule has 2 aliphatic heterocycles. The highest BCUT2D eigenvalue weighted by Crippen LogP contribution is 2.33. The first-order chi connectivity index (χ1) is 11.7. The van der Waals surface area contributed by atoms with Crippen molar-refractivity contribution in [3.05, 3.63) is 22.4 Å². The summed E-state index contributed by atoms with van der Waals surface area (Å²) in [6, 6.07) is 4.00. The van der Waals surface area contributed by atoms with Gasteiger partial charge in [0.2, 0.25) is 5.91 Å². The molecule has 2 aliphatic rings. The second kappa shape index (κ2) is 8.45. The van der Waals surface area contributed by atoms with Crippen LogP contribution in [0.4, 0.5) is 0 Å². The van der Waals surface area contributed by atoms with Crippen LogP contribution in [0.5, 0.6) is 0 Å². The normalized spacial score (nSPS) is 22.7. The minimum atomic E-state index is -0.361. The molecular weight excluding hydrogens is 320 g/mol. The van der Waals surface area contributed by atoms with E-state index in [4.69, 9.17) is 0 Å². The van der Waals surface area contributed by atoms with Gasteiger partial charge in [-0.2, -0.15) is 0 Å². The SMILES string of the molecule is CCN1CCC(CC(=O)N2CCC(C(O)c3cccs3)CC2)CC1. The first-order valence-electron chi connectivity index (χ1n) is 9.39. The summed E-state index contributed by atoms with van der Waals surface area (Å²) < 4.78 is 0. The predicted molar refractivity (Wildman–Crippen MR) is 98.0 cm³/mol. The molecule has 0 aliphatic carbocycles. The molecule has 4 nitrogen and oxygen atoms in total. The fraction of sp³-hybridized carbons (Fsp3) is 0.737. The number of hydrogen-bond donors (Lipinski definition) is 1. The Morgan fingerprint density at radius 1 is 1.25 bits per heavy atom. The molecule has 0 bridgehead atoms. The van der Waals surface area contributed by atoms with E-state index >= 15 is 0 Å². The highest BCUT2D eigenvalue weighted by Gasteiger charge is 2.30. The topological polar surface area (TPSA) is 43.8 Å². The van der Waals surface area contributed by atoms with Crippen LogP contribution in [0.1, 0.15) is 50.0 Å². The highest BCUT2D eigenvalue weighted by atomic mass is 32.1. The van der Waals surface area contributed by atoms with Crippen LogP contribution in [0.25, 0.3) is 0 Å². The Morgan fingerprint density at radius 3 is 2.54 bits per heavy atom. The van der Waals surface area contributed by atoms with Gasteiger partial charge < -0.3 is 14.9 Å². The third-order valence-electron chi connectivity index (χ3n) is 5.79. The molecule has 0 radical (unpaired) electrons. The summed E-state index contributed by atoms with van der Waals surface area (Å²) in [5.41, 5.74) is 0. The van der Waals surface area contributed by atoms with E-state index in [-0.39, 0.29) is 6.10 Å². The van der Waals surface area contributed by atoms with Crippen molar-refractivity contribution in [2.24, 2.45) is 11.8 Å². The van der Waals surface area contributed by atoms with E-state index in [9.17, 15) is 9.90 Å². The van der Waals surface area contributed by atoms with E-state index in [1.54, 1.807) is 11.3 Å². The maximum absolute atomic E-state index is 12.6. The maximum Gasteiger partial charge on any atom is 0.222 e. The van der Waals surface area contributed by atoms with Crippen molar-refractivity contribution < 1.29 is 9.90 Å². The third kappa shape index (κ3) is 4.38. The first kappa shape index (κ1) is 17.9. The van der Waals surface area contributed by atoms with Gasteiger partial charge in [-0.05, 0) is 68.6 Å². The second-order valence-corrected chi connectivity index (χ2v) is 8.24. The minimum absolute atomic E-state index is 0.292. The van der Waals surface area contributed by atoms with Crippen LogP contribution in [0, 0.1) is 11.8 Å². The summed E-state index contributed by atoms with van der Waals surface area (Å²) in [5, 5.41) is 12.5. The lowest BCUT2D eigenvalue weighted by atomic mass is 9.89. The monoisotopic (exact) mass is 350 g/mol. The number of nitrogens with zero attached hydrogens (tertiary/aromatic N) is 2. The fourth-order valence-corrected chi connectivity index (χ4v) is 4.84. The molecule has 24 heavy (non-hydrogen) atoms. The molecule has 1 unspecified atom stereocenters. The number of piperidine rings is 2. The van der Waals surface area contributed by atoms with Gasteiger partial charge in [0.15, 0.2) is 0 Å². The van der Waals surface area contributed by atoms with Crippen molar-refractivity contribution >= 4 is 17.2 Å². The number of amides is 1. The first-order valence-corrected chi connectivity index (χ1v) is 10.3. The Balaban J connectivity index is 1.42. The van der Waals surface area contributed by atoms with Crippen molar-refractivity contribution in [2.75, 3.05) is 32.7 Å². The lowest BCUT2D eigenvalue weighted by Crippen LogP contribution is -2.41. The van der Waals surface area contributed by atoms with Gasteiger partial charge in [-0.1, -0.05) is 13.0 Å². The van der Waals surface area contributed by atoms with E-state index in [0.717, 1.165) is 69.7 Å². The molecule has 0 saturated carbocycles. The zero-order valence-electron chi connectivity index (χ0n) is 14.7. The van der Waals surface area contributed by atoms with E-state index in [1.807, 2.05) is 22.4 Å². The Morgan fingerprint density at radius 2 is 1.96 bits per heavy atom. The zero-order chi connectivity index (χ0) is 16.9. The molecule has 2 fully saturated rings. The van der Waals surface area contributed by atoms with Crippen molar-refractivity contribution in [2.45, 2.75) is 45.1 Å². The van der Waals surface area contributed by atoms with Crippen molar-refractivity contribution in [1.29, 1.82) is 0 Å². The Labute approximate surface area is 149 Å². The molecule has 1 amide bonds. The molecule has 1 aromatic heterocycles. The van der Waals surface area contributed by atoms with E-state index < -0.39 is 0 Å². The van der Waals surface area contributed by atoms with Gasteiger partial charge in [0, 0.05) is 24.4 Å². The summed E-state index contributed by atoms with van der Waals surface area (Å²) in [6.07, 6.45) is 4.51. The van der Waals surface area contributed by atoms with Crippen LogP contribution in [0.2, 0.25) is 0 Å². The minimum Gasteiger partial charge on any atom is -0.387 e. The van der Waals surface area contributed by atoms with Gasteiger partial charge in [0.05, 0.1) is 6.10 Å². The maximum atomic E-state index is 12.6. The zero-order valence-corrected chi connectivity index (χ0v) is 15.5. The molecule has 2 saturated heterocycles. The molecule has 1 atom stereocenters. The molecule has 3 heterocycles. The molecule has 0 spiro atoms.